The molecule has 10 heteroatoms. The lowest BCUT2D eigenvalue weighted by Gasteiger charge is -2.19. The number of allylic oxidation sites excluding steroid dienone is 2. The van der Waals surface area contributed by atoms with Crippen molar-refractivity contribution < 1.29 is 38.1 Å². The molecule has 1 N–H and O–H groups in total. The van der Waals surface area contributed by atoms with Crippen molar-refractivity contribution in [3.8, 4) is 0 Å². The van der Waals surface area contributed by atoms with E-state index in [2.05, 4.69) is 15.0 Å². The van der Waals surface area contributed by atoms with Gasteiger partial charge in [-0.1, -0.05) is 23.8 Å². The average Bonchev–Trinajstić information content (AvgIpc) is 3.15. The van der Waals surface area contributed by atoms with Gasteiger partial charge in [-0.3, -0.25) is 4.79 Å². The van der Waals surface area contributed by atoms with E-state index in [1.165, 1.54) is 14.2 Å². The van der Waals surface area contributed by atoms with Crippen molar-refractivity contribution in [1.29, 1.82) is 0 Å². The van der Waals surface area contributed by atoms with Gasteiger partial charge in [0.2, 0.25) is 0 Å². The monoisotopic (exact) mass is 454 g/mol. The lowest BCUT2D eigenvalue weighted by atomic mass is 10.1. The zero-order valence-corrected chi connectivity index (χ0v) is 19.6. The molecular weight excluding hydrogens is 420 g/mol. The fourth-order valence-corrected chi connectivity index (χ4v) is 2.61. The Kier molecular flexibility index (Phi) is 11.6. The van der Waals surface area contributed by atoms with Gasteiger partial charge in [0.1, 0.15) is 24.8 Å². The van der Waals surface area contributed by atoms with E-state index >= 15 is 0 Å². The molecule has 1 heterocycles. The van der Waals surface area contributed by atoms with Gasteiger partial charge in [-0.15, -0.1) is 0 Å². The van der Waals surface area contributed by atoms with E-state index in [1.807, 2.05) is 6.92 Å². The van der Waals surface area contributed by atoms with Crippen molar-refractivity contribution in [2.45, 2.75) is 58.3 Å². The van der Waals surface area contributed by atoms with Gasteiger partial charge in [-0.25, -0.2) is 14.6 Å². The highest BCUT2D eigenvalue weighted by molar-refractivity contribution is 6.00. The molecule has 10 nitrogen and oxygen atoms in total. The second kappa shape index (κ2) is 13.6. The number of esters is 1. The van der Waals surface area contributed by atoms with Crippen LogP contribution < -0.4 is 5.32 Å². The van der Waals surface area contributed by atoms with E-state index in [4.69, 9.17) is 18.9 Å². The number of alkyl carbamates (subject to hydrolysis) is 1. The summed E-state index contributed by atoms with van der Waals surface area (Å²) in [6, 6.07) is -0.732. The molecule has 0 radical (unpaired) electrons. The molecule has 1 unspecified atom stereocenters. The Morgan fingerprint density at radius 3 is 2.62 bits per heavy atom. The Hall–Kier alpha value is -2.72. The Morgan fingerprint density at radius 2 is 2.00 bits per heavy atom. The van der Waals surface area contributed by atoms with E-state index < -0.39 is 29.8 Å². The highest BCUT2D eigenvalue weighted by Crippen LogP contribution is 2.13. The van der Waals surface area contributed by atoms with Gasteiger partial charge in [-0.2, -0.15) is 0 Å². The van der Waals surface area contributed by atoms with Gasteiger partial charge in [-0.05, 0) is 27.7 Å². The van der Waals surface area contributed by atoms with E-state index in [9.17, 15) is 14.4 Å². The van der Waals surface area contributed by atoms with Crippen LogP contribution in [-0.4, -0.2) is 75.7 Å². The van der Waals surface area contributed by atoms with Crippen LogP contribution in [0.5, 0.6) is 0 Å². The number of carbonyl (C=O) groups is 3. The molecule has 1 aliphatic rings. The van der Waals surface area contributed by atoms with Crippen LogP contribution >= 0.6 is 0 Å². The molecule has 1 aliphatic heterocycles. The van der Waals surface area contributed by atoms with Gasteiger partial charge in [0, 0.05) is 20.1 Å². The van der Waals surface area contributed by atoms with Crippen molar-refractivity contribution in [2.24, 2.45) is 4.99 Å². The first-order valence-corrected chi connectivity index (χ1v) is 10.3. The summed E-state index contributed by atoms with van der Waals surface area (Å²) >= 11 is 0. The normalized spacial score (nSPS) is 17.5. The third-order valence-corrected chi connectivity index (χ3v) is 3.95. The number of Topliss-reactive ketones (excluding diaryl/α,β-unsaturated/α-hetero) is 1. The molecule has 1 rings (SSSR count). The second-order valence-electron chi connectivity index (χ2n) is 8.10. The van der Waals surface area contributed by atoms with Crippen molar-refractivity contribution >= 4 is 23.7 Å². The van der Waals surface area contributed by atoms with Gasteiger partial charge in [0.25, 0.3) is 0 Å². The Labute approximate surface area is 189 Å². The minimum atomic E-state index is -0.732. The summed E-state index contributed by atoms with van der Waals surface area (Å²) < 4.78 is 25.6. The molecule has 0 saturated heterocycles. The second-order valence-corrected chi connectivity index (χ2v) is 8.10. The number of hydrogen-bond donors (Lipinski definition) is 1. The minimum Gasteiger partial charge on any atom is -0.478 e. The van der Waals surface area contributed by atoms with Gasteiger partial charge in [0.05, 0.1) is 19.6 Å². The Balaban J connectivity index is 2.59. The molecule has 2 atom stereocenters. The summed E-state index contributed by atoms with van der Waals surface area (Å²) in [5.41, 5.74) is 0.280. The van der Waals surface area contributed by atoms with Crippen molar-refractivity contribution in [3.63, 3.8) is 0 Å². The summed E-state index contributed by atoms with van der Waals surface area (Å²) in [6.45, 7) is 7.61. The number of nitrogens with one attached hydrogen (secondary N) is 1. The van der Waals surface area contributed by atoms with Crippen LogP contribution in [0.3, 0.4) is 0 Å². The molecule has 1 amide bonds. The smallest absolute Gasteiger partial charge is 0.407 e. The molecule has 0 aromatic carbocycles. The molecule has 0 aliphatic carbocycles. The maximum Gasteiger partial charge on any atom is 0.407 e. The highest BCUT2D eigenvalue weighted by Gasteiger charge is 2.28. The van der Waals surface area contributed by atoms with E-state index in [0.717, 1.165) is 5.57 Å². The SMILES string of the molecule is COCO[C@H](/C=C(C)/C=C/CNC(=O)OC(C)(C)C)CC(=O)CC1=NC(C(=O)OC)CO1. The Morgan fingerprint density at radius 1 is 1.28 bits per heavy atom. The Bertz CT molecular complexity index is 737. The third kappa shape index (κ3) is 11.6. The number of aliphatic imine (C=N–C) groups is 1. The minimum absolute atomic E-state index is 0.0213. The summed E-state index contributed by atoms with van der Waals surface area (Å²) in [5.74, 6) is -0.444. The van der Waals surface area contributed by atoms with Crippen LogP contribution in [0.2, 0.25) is 0 Å². The first kappa shape index (κ1) is 27.3. The number of hydrogen-bond acceptors (Lipinski definition) is 9. The van der Waals surface area contributed by atoms with Crippen LogP contribution in [0.25, 0.3) is 0 Å². The molecule has 0 spiro atoms. The quantitative estimate of drug-likeness (QED) is 0.271. The molecule has 180 valence electrons. The summed E-state index contributed by atoms with van der Waals surface area (Å²) in [4.78, 5) is 39.7. The zero-order valence-electron chi connectivity index (χ0n) is 19.6. The predicted octanol–water partition coefficient (Wildman–Crippen LogP) is 2.32. The fourth-order valence-electron chi connectivity index (χ4n) is 2.61. The van der Waals surface area contributed by atoms with Crippen molar-refractivity contribution in [2.75, 3.05) is 34.2 Å². The molecular formula is C22H34N2O8. The molecule has 0 fully saturated rings. The van der Waals surface area contributed by atoms with Gasteiger partial charge >= 0.3 is 12.1 Å². The summed E-state index contributed by atoms with van der Waals surface area (Å²) in [6.07, 6.45) is 4.37. The van der Waals surface area contributed by atoms with E-state index in [-0.39, 0.29) is 37.9 Å². The standard InChI is InChI=1S/C22H34N2O8/c1-15(8-7-9-23-21(27)32-22(2,3)4)10-17(31-14-28-5)11-16(25)12-19-24-18(13-30-19)20(26)29-6/h7-8,10,17-18H,9,11-14H2,1-6H3,(H,23,27)/b8-7+,15-10+/t17-,18?/m1/s1. The summed E-state index contributed by atoms with van der Waals surface area (Å²) in [5, 5.41) is 2.63. The largest absolute Gasteiger partial charge is 0.478 e. The summed E-state index contributed by atoms with van der Waals surface area (Å²) in [7, 11) is 2.77. The van der Waals surface area contributed by atoms with Crippen LogP contribution in [0, 0.1) is 0 Å². The van der Waals surface area contributed by atoms with Crippen LogP contribution in [0.15, 0.2) is 28.8 Å². The van der Waals surface area contributed by atoms with Crippen molar-refractivity contribution in [3.05, 3.63) is 23.8 Å². The maximum atomic E-state index is 12.4. The fraction of sp³-hybridized carbons (Fsp3) is 0.636. The van der Waals surface area contributed by atoms with Crippen molar-refractivity contribution in [1.82, 2.24) is 5.32 Å². The molecule has 0 bridgehead atoms. The van der Waals surface area contributed by atoms with Crippen LogP contribution in [-0.2, 0) is 33.3 Å². The molecule has 0 aromatic heterocycles. The number of ether oxygens (including phenoxy) is 5. The van der Waals surface area contributed by atoms with Crippen LogP contribution in [0.1, 0.15) is 40.5 Å². The number of ketones is 1. The predicted molar refractivity (Wildman–Crippen MR) is 117 cm³/mol. The van der Waals surface area contributed by atoms with E-state index in [0.29, 0.717) is 6.54 Å². The first-order chi connectivity index (χ1) is 15.0. The zero-order chi connectivity index (χ0) is 24.1. The van der Waals surface area contributed by atoms with Gasteiger partial charge in [0.15, 0.2) is 11.9 Å². The topological polar surface area (TPSA) is 122 Å². The number of methoxy groups -OCH3 is 2. The number of nitrogens with zero attached hydrogens (tertiary/aromatic N) is 1. The highest BCUT2D eigenvalue weighted by atomic mass is 16.7. The van der Waals surface area contributed by atoms with Crippen LogP contribution in [0.4, 0.5) is 4.79 Å². The average molecular weight is 455 g/mol. The third-order valence-electron chi connectivity index (χ3n) is 3.95. The van der Waals surface area contributed by atoms with Gasteiger partial charge < -0.3 is 29.0 Å². The van der Waals surface area contributed by atoms with E-state index in [1.54, 1.807) is 39.0 Å². The molecule has 32 heavy (non-hydrogen) atoms. The lowest BCUT2D eigenvalue weighted by Crippen LogP contribution is -2.32. The lowest BCUT2D eigenvalue weighted by molar-refractivity contribution is -0.142. The molecule has 0 saturated carbocycles. The maximum absolute atomic E-state index is 12.4. The first-order valence-electron chi connectivity index (χ1n) is 10.3. The number of rotatable bonds is 12. The molecule has 0 aromatic rings. The number of amides is 1. The number of carbonyl (C=O) groups excluding carboxylic acids is 3.